The molecule has 3 N–H and O–H groups in total. The first kappa shape index (κ1) is 16.8. The zero-order valence-electron chi connectivity index (χ0n) is 11.8. The molecule has 0 fully saturated rings. The number of hydrogen-bond acceptors (Lipinski definition) is 5. The monoisotopic (exact) mass is 297 g/mol. The molecule has 0 aliphatic carbocycles. The molecule has 0 aliphatic heterocycles. The van der Waals surface area contributed by atoms with Gasteiger partial charge < -0.3 is 25.0 Å². The Hall–Kier alpha value is -2.28. The molecule has 21 heavy (non-hydrogen) atoms. The van der Waals surface area contributed by atoms with Crippen LogP contribution in [0, 0.1) is 0 Å². The zero-order valence-corrected chi connectivity index (χ0v) is 11.8. The third kappa shape index (κ3) is 6.13. The van der Waals surface area contributed by atoms with Crippen LogP contribution in [0.25, 0.3) is 0 Å². The largest absolute Gasteiger partial charge is 0.490 e. The molecule has 0 saturated heterocycles. The number of nitrogens with one attached hydrogen (secondary N) is 1. The number of aliphatic carboxylic acids is 2. The Bertz CT molecular complexity index is 488. The van der Waals surface area contributed by atoms with Crippen molar-refractivity contribution in [1.82, 2.24) is 5.32 Å². The minimum absolute atomic E-state index is 0.0104. The van der Waals surface area contributed by atoms with Crippen molar-refractivity contribution in [3.8, 4) is 11.5 Å². The maximum absolute atomic E-state index is 10.6. The van der Waals surface area contributed by atoms with Gasteiger partial charge in [0, 0.05) is 18.7 Å². The van der Waals surface area contributed by atoms with Crippen LogP contribution in [0.2, 0.25) is 0 Å². The Morgan fingerprint density at radius 3 is 2.57 bits per heavy atom. The van der Waals surface area contributed by atoms with E-state index in [0.717, 1.165) is 0 Å². The highest BCUT2D eigenvalue weighted by Crippen LogP contribution is 2.31. The molecule has 1 aromatic rings. The summed E-state index contributed by atoms with van der Waals surface area (Å²) in [6.45, 7) is 2.46. The maximum atomic E-state index is 10.6. The van der Waals surface area contributed by atoms with Gasteiger partial charge in [0.25, 0.3) is 0 Å². The first-order valence-electron chi connectivity index (χ1n) is 6.56. The quantitative estimate of drug-likeness (QED) is 0.556. The molecule has 116 valence electrons. The van der Waals surface area contributed by atoms with Gasteiger partial charge in [-0.05, 0) is 13.0 Å². The van der Waals surface area contributed by atoms with Crippen molar-refractivity contribution in [2.45, 2.75) is 19.9 Å². The van der Waals surface area contributed by atoms with Gasteiger partial charge in [-0.2, -0.15) is 0 Å². The molecule has 7 nitrogen and oxygen atoms in total. The van der Waals surface area contributed by atoms with Gasteiger partial charge in [0.15, 0.2) is 18.1 Å². The van der Waals surface area contributed by atoms with Crippen molar-refractivity contribution < 1.29 is 29.3 Å². The van der Waals surface area contributed by atoms with E-state index in [1.165, 1.54) is 0 Å². The van der Waals surface area contributed by atoms with Gasteiger partial charge >= 0.3 is 11.9 Å². The summed E-state index contributed by atoms with van der Waals surface area (Å²) in [5.74, 6) is -1.13. The van der Waals surface area contributed by atoms with Crippen molar-refractivity contribution >= 4 is 11.9 Å². The van der Waals surface area contributed by atoms with Gasteiger partial charge in [0.1, 0.15) is 0 Å². The molecule has 0 heterocycles. The van der Waals surface area contributed by atoms with Crippen LogP contribution in [-0.2, 0) is 16.1 Å². The number of para-hydroxylation sites is 1. The molecule has 1 aromatic carbocycles. The van der Waals surface area contributed by atoms with Crippen LogP contribution in [0.4, 0.5) is 0 Å². The van der Waals surface area contributed by atoms with Crippen molar-refractivity contribution in [1.29, 1.82) is 0 Å². The summed E-state index contributed by atoms with van der Waals surface area (Å²) < 4.78 is 10.7. The highest BCUT2D eigenvalue weighted by molar-refractivity contribution is 5.69. The van der Waals surface area contributed by atoms with Crippen LogP contribution < -0.4 is 14.8 Å². The molecule has 0 aliphatic rings. The number of carbonyl (C=O) groups is 2. The van der Waals surface area contributed by atoms with E-state index in [2.05, 4.69) is 5.32 Å². The normalized spacial score (nSPS) is 10.1. The standard InChI is InChI=1S/C14H19NO6/c1-2-20-11-5-3-4-10(8-15-7-6-12(16)17)14(11)21-9-13(18)19/h3-5,15H,2,6-9H2,1H3,(H,16,17)(H,18,19). The van der Waals surface area contributed by atoms with E-state index in [4.69, 9.17) is 19.7 Å². The molecule has 7 heteroatoms. The summed E-state index contributed by atoms with van der Waals surface area (Å²) in [6.07, 6.45) is 0.0104. The lowest BCUT2D eigenvalue weighted by molar-refractivity contribution is -0.139. The Morgan fingerprint density at radius 1 is 1.19 bits per heavy atom. The van der Waals surface area contributed by atoms with Gasteiger partial charge in [-0.15, -0.1) is 0 Å². The van der Waals surface area contributed by atoms with E-state index in [9.17, 15) is 9.59 Å². The number of rotatable bonds is 10. The fourth-order valence-corrected chi connectivity index (χ4v) is 1.69. The van der Waals surface area contributed by atoms with Crippen molar-refractivity contribution in [2.75, 3.05) is 19.8 Å². The van der Waals surface area contributed by atoms with Gasteiger partial charge in [-0.25, -0.2) is 4.79 Å². The fourth-order valence-electron chi connectivity index (χ4n) is 1.69. The van der Waals surface area contributed by atoms with Crippen LogP contribution in [0.3, 0.4) is 0 Å². The van der Waals surface area contributed by atoms with Crippen LogP contribution >= 0.6 is 0 Å². The third-order valence-corrected chi connectivity index (χ3v) is 2.53. The Kier molecular flexibility index (Phi) is 7.03. The Morgan fingerprint density at radius 2 is 1.95 bits per heavy atom. The van der Waals surface area contributed by atoms with Gasteiger partial charge in [0.05, 0.1) is 13.0 Å². The molecule has 0 radical (unpaired) electrons. The van der Waals surface area contributed by atoms with Crippen molar-refractivity contribution in [3.05, 3.63) is 23.8 Å². The average Bonchev–Trinajstić information content (AvgIpc) is 2.42. The number of hydrogen-bond donors (Lipinski definition) is 3. The molecular formula is C14H19NO6. The summed E-state index contributed by atoms with van der Waals surface area (Å²) >= 11 is 0. The second-order valence-corrected chi connectivity index (χ2v) is 4.18. The predicted octanol–water partition coefficient (Wildman–Crippen LogP) is 1.11. The number of carboxylic acid groups (broad SMARTS) is 2. The van der Waals surface area contributed by atoms with E-state index in [0.29, 0.717) is 36.8 Å². The summed E-state index contributed by atoms with van der Waals surface area (Å²) in [4.78, 5) is 21.1. The van der Waals surface area contributed by atoms with E-state index >= 15 is 0 Å². The summed E-state index contributed by atoms with van der Waals surface area (Å²) in [5, 5.41) is 20.3. The van der Waals surface area contributed by atoms with E-state index in [1.54, 1.807) is 18.2 Å². The second kappa shape index (κ2) is 8.80. The number of carboxylic acids is 2. The zero-order chi connectivity index (χ0) is 15.7. The Labute approximate surface area is 122 Å². The summed E-state index contributed by atoms with van der Waals surface area (Å²) in [6, 6.07) is 5.24. The highest BCUT2D eigenvalue weighted by atomic mass is 16.5. The molecule has 0 amide bonds. The average molecular weight is 297 g/mol. The molecule has 0 unspecified atom stereocenters. The predicted molar refractivity (Wildman–Crippen MR) is 74.7 cm³/mol. The minimum atomic E-state index is -1.08. The lowest BCUT2D eigenvalue weighted by Crippen LogP contribution is -2.19. The molecular weight excluding hydrogens is 278 g/mol. The number of benzene rings is 1. The van der Waals surface area contributed by atoms with E-state index < -0.39 is 18.5 Å². The molecule has 0 saturated carbocycles. The smallest absolute Gasteiger partial charge is 0.341 e. The maximum Gasteiger partial charge on any atom is 0.341 e. The molecule has 1 rings (SSSR count). The second-order valence-electron chi connectivity index (χ2n) is 4.18. The first-order valence-corrected chi connectivity index (χ1v) is 6.56. The van der Waals surface area contributed by atoms with Crippen LogP contribution in [0.1, 0.15) is 18.9 Å². The Balaban J connectivity index is 2.77. The molecule has 0 bridgehead atoms. The molecule has 0 spiro atoms. The lowest BCUT2D eigenvalue weighted by atomic mass is 10.2. The fraction of sp³-hybridized carbons (Fsp3) is 0.429. The van der Waals surface area contributed by atoms with Gasteiger partial charge in [-0.1, -0.05) is 12.1 Å². The lowest BCUT2D eigenvalue weighted by Gasteiger charge is -2.15. The van der Waals surface area contributed by atoms with E-state index in [1.807, 2.05) is 6.92 Å². The SMILES string of the molecule is CCOc1cccc(CNCCC(=O)O)c1OCC(=O)O. The van der Waals surface area contributed by atoms with Crippen molar-refractivity contribution in [2.24, 2.45) is 0 Å². The highest BCUT2D eigenvalue weighted by Gasteiger charge is 2.12. The summed E-state index contributed by atoms with van der Waals surface area (Å²) in [7, 11) is 0. The molecule has 0 aromatic heterocycles. The minimum Gasteiger partial charge on any atom is -0.490 e. The van der Waals surface area contributed by atoms with Crippen LogP contribution in [-0.4, -0.2) is 41.9 Å². The van der Waals surface area contributed by atoms with Crippen LogP contribution in [0.5, 0.6) is 11.5 Å². The van der Waals surface area contributed by atoms with Gasteiger partial charge in [0.2, 0.25) is 0 Å². The number of ether oxygens (including phenoxy) is 2. The third-order valence-electron chi connectivity index (χ3n) is 2.53. The topological polar surface area (TPSA) is 105 Å². The van der Waals surface area contributed by atoms with E-state index in [-0.39, 0.29) is 6.42 Å². The van der Waals surface area contributed by atoms with Crippen LogP contribution in [0.15, 0.2) is 18.2 Å². The summed E-state index contributed by atoms with van der Waals surface area (Å²) in [5.41, 5.74) is 0.715. The molecule has 0 atom stereocenters. The first-order chi connectivity index (χ1) is 10.0. The van der Waals surface area contributed by atoms with Gasteiger partial charge in [-0.3, -0.25) is 4.79 Å². The van der Waals surface area contributed by atoms with Crippen molar-refractivity contribution in [3.63, 3.8) is 0 Å².